The molecule has 2 aromatic rings. The first-order valence-electron chi connectivity index (χ1n) is 7.22. The predicted octanol–water partition coefficient (Wildman–Crippen LogP) is 1.93. The van der Waals surface area contributed by atoms with E-state index in [0.717, 1.165) is 16.4 Å². The fraction of sp³-hybridized carbons (Fsp3) is 0.312. The zero-order valence-electron chi connectivity index (χ0n) is 12.6. The second kappa shape index (κ2) is 6.08. The van der Waals surface area contributed by atoms with E-state index in [1.54, 1.807) is 0 Å². The van der Waals surface area contributed by atoms with Crippen LogP contribution in [0.2, 0.25) is 0 Å². The summed E-state index contributed by atoms with van der Waals surface area (Å²) in [6, 6.07) is 7.48. The lowest BCUT2D eigenvalue weighted by molar-refractivity contribution is -0.145. The summed E-state index contributed by atoms with van der Waals surface area (Å²) in [4.78, 5) is 20.7. The molecule has 0 saturated carbocycles. The highest BCUT2D eigenvalue weighted by Gasteiger charge is 2.24. The van der Waals surface area contributed by atoms with E-state index in [-0.39, 0.29) is 24.7 Å². The summed E-state index contributed by atoms with van der Waals surface area (Å²) in [5.74, 6) is -0.779. The van der Waals surface area contributed by atoms with E-state index in [1.165, 1.54) is 6.08 Å². The normalized spacial score (nSPS) is 19.1. The fourth-order valence-corrected chi connectivity index (χ4v) is 3.85. The van der Waals surface area contributed by atoms with Crippen molar-refractivity contribution in [2.45, 2.75) is 20.0 Å². The zero-order chi connectivity index (χ0) is 16.4. The van der Waals surface area contributed by atoms with Crippen molar-refractivity contribution >= 4 is 26.8 Å². The number of rotatable bonds is 4. The van der Waals surface area contributed by atoms with E-state index in [0.29, 0.717) is 11.4 Å². The second-order valence-corrected chi connectivity index (χ2v) is 7.46. The molecular weight excluding hydrogens is 316 g/mol. The Bertz CT molecular complexity index is 890. The Labute approximate surface area is 134 Å². The number of para-hydroxylation sites is 2. The molecule has 1 aliphatic heterocycles. The van der Waals surface area contributed by atoms with Crippen LogP contribution < -0.4 is 0 Å². The average Bonchev–Trinajstić information content (AvgIpc) is 2.84. The van der Waals surface area contributed by atoms with Gasteiger partial charge in [0.15, 0.2) is 9.84 Å². The van der Waals surface area contributed by atoms with Crippen LogP contribution in [0.1, 0.15) is 17.8 Å². The lowest BCUT2D eigenvalue weighted by Gasteiger charge is -2.09. The SMILES string of the molecule is Cc1nc2ccccc2nc1COC(=O)CC1C=CS(=O)(=O)C1. The molecule has 7 heteroatoms. The van der Waals surface area contributed by atoms with Gasteiger partial charge in [0.2, 0.25) is 0 Å². The Balaban J connectivity index is 1.63. The summed E-state index contributed by atoms with van der Waals surface area (Å²) in [6.45, 7) is 1.85. The van der Waals surface area contributed by atoms with Gasteiger partial charge in [-0.2, -0.15) is 0 Å². The van der Waals surface area contributed by atoms with Crippen molar-refractivity contribution < 1.29 is 17.9 Å². The van der Waals surface area contributed by atoms with Crippen molar-refractivity contribution in [3.05, 3.63) is 47.1 Å². The maximum absolute atomic E-state index is 11.9. The molecule has 0 saturated heterocycles. The van der Waals surface area contributed by atoms with Gasteiger partial charge in [0.1, 0.15) is 6.61 Å². The number of benzene rings is 1. The highest BCUT2D eigenvalue weighted by molar-refractivity contribution is 7.94. The summed E-state index contributed by atoms with van der Waals surface area (Å²) in [7, 11) is -3.15. The van der Waals surface area contributed by atoms with Gasteiger partial charge in [0, 0.05) is 11.3 Å². The maximum atomic E-state index is 11.9. The third kappa shape index (κ3) is 3.73. The molecule has 0 amide bonds. The van der Waals surface area contributed by atoms with E-state index >= 15 is 0 Å². The highest BCUT2D eigenvalue weighted by Crippen LogP contribution is 2.19. The average molecular weight is 332 g/mol. The number of sulfone groups is 1. The number of nitrogens with zero attached hydrogens (tertiary/aromatic N) is 2. The molecular formula is C16H16N2O4S. The summed E-state index contributed by atoms with van der Waals surface area (Å²) < 4.78 is 27.8. The van der Waals surface area contributed by atoms with Gasteiger partial charge in [-0.25, -0.2) is 18.4 Å². The van der Waals surface area contributed by atoms with Crippen LogP contribution in [-0.2, 0) is 26.0 Å². The quantitative estimate of drug-likeness (QED) is 0.795. The Morgan fingerprint density at radius 2 is 1.96 bits per heavy atom. The lowest BCUT2D eigenvalue weighted by Crippen LogP contribution is -2.14. The molecule has 0 bridgehead atoms. The molecule has 0 spiro atoms. The maximum Gasteiger partial charge on any atom is 0.306 e. The van der Waals surface area contributed by atoms with Gasteiger partial charge >= 0.3 is 5.97 Å². The van der Waals surface area contributed by atoms with Gasteiger partial charge < -0.3 is 4.74 Å². The van der Waals surface area contributed by atoms with Crippen LogP contribution in [-0.4, -0.2) is 30.1 Å². The van der Waals surface area contributed by atoms with Crippen molar-refractivity contribution in [2.75, 3.05) is 5.75 Å². The van der Waals surface area contributed by atoms with Gasteiger partial charge in [0.25, 0.3) is 0 Å². The van der Waals surface area contributed by atoms with Crippen LogP contribution in [0.5, 0.6) is 0 Å². The number of aryl methyl sites for hydroxylation is 1. The first-order chi connectivity index (χ1) is 10.9. The van der Waals surface area contributed by atoms with Crippen LogP contribution in [0.15, 0.2) is 35.7 Å². The third-order valence-corrected chi connectivity index (χ3v) is 5.11. The smallest absolute Gasteiger partial charge is 0.306 e. The molecule has 1 aliphatic rings. The summed E-state index contributed by atoms with van der Waals surface area (Å²) >= 11 is 0. The number of hydrogen-bond acceptors (Lipinski definition) is 6. The molecule has 1 atom stereocenters. The van der Waals surface area contributed by atoms with E-state index in [2.05, 4.69) is 9.97 Å². The second-order valence-electron chi connectivity index (χ2n) is 5.53. The molecule has 0 radical (unpaired) electrons. The van der Waals surface area contributed by atoms with Crippen LogP contribution in [0.25, 0.3) is 11.0 Å². The number of ether oxygens (including phenoxy) is 1. The van der Waals surface area contributed by atoms with Crippen molar-refractivity contribution in [2.24, 2.45) is 5.92 Å². The van der Waals surface area contributed by atoms with Crippen LogP contribution in [0, 0.1) is 12.8 Å². The number of carbonyl (C=O) groups excluding carboxylic acids is 1. The Morgan fingerprint density at radius 1 is 1.26 bits per heavy atom. The van der Waals surface area contributed by atoms with Gasteiger partial charge in [-0.1, -0.05) is 18.2 Å². The van der Waals surface area contributed by atoms with Crippen molar-refractivity contribution in [1.29, 1.82) is 0 Å². The molecule has 6 nitrogen and oxygen atoms in total. The van der Waals surface area contributed by atoms with E-state index in [4.69, 9.17) is 4.74 Å². The van der Waals surface area contributed by atoms with Gasteiger partial charge in [-0.05, 0) is 19.1 Å². The molecule has 1 unspecified atom stereocenters. The third-order valence-electron chi connectivity index (χ3n) is 3.65. The van der Waals surface area contributed by atoms with Crippen molar-refractivity contribution in [1.82, 2.24) is 9.97 Å². The predicted molar refractivity (Wildman–Crippen MR) is 85.1 cm³/mol. The lowest BCUT2D eigenvalue weighted by atomic mass is 10.1. The largest absolute Gasteiger partial charge is 0.459 e. The Kier molecular flexibility index (Phi) is 4.12. The minimum absolute atomic E-state index is 0.0308. The Hall–Kier alpha value is -2.28. The van der Waals surface area contributed by atoms with Crippen molar-refractivity contribution in [3.8, 4) is 0 Å². The molecule has 2 heterocycles. The molecule has 120 valence electrons. The number of aromatic nitrogens is 2. The van der Waals surface area contributed by atoms with Gasteiger partial charge in [-0.3, -0.25) is 4.79 Å². The first-order valence-corrected chi connectivity index (χ1v) is 8.93. The molecule has 3 rings (SSSR count). The van der Waals surface area contributed by atoms with Crippen molar-refractivity contribution in [3.63, 3.8) is 0 Å². The number of hydrogen-bond donors (Lipinski definition) is 0. The van der Waals surface area contributed by atoms with E-state index in [1.807, 2.05) is 31.2 Å². The monoisotopic (exact) mass is 332 g/mol. The fourth-order valence-electron chi connectivity index (χ4n) is 2.45. The summed E-state index contributed by atoms with van der Waals surface area (Å²) in [5, 5.41) is 1.16. The topological polar surface area (TPSA) is 86.2 Å². The minimum atomic E-state index is -3.15. The van der Waals surface area contributed by atoms with Gasteiger partial charge in [0.05, 0.1) is 34.6 Å². The molecule has 0 N–H and O–H groups in total. The number of carbonyl (C=O) groups is 1. The molecule has 0 aliphatic carbocycles. The van der Waals surface area contributed by atoms with E-state index < -0.39 is 15.8 Å². The molecule has 0 fully saturated rings. The number of allylic oxidation sites excluding steroid dienone is 1. The summed E-state index contributed by atoms with van der Waals surface area (Å²) in [6.07, 6.45) is 1.59. The first kappa shape index (κ1) is 15.6. The molecule has 23 heavy (non-hydrogen) atoms. The van der Waals surface area contributed by atoms with Crippen LogP contribution >= 0.6 is 0 Å². The Morgan fingerprint density at radius 3 is 2.61 bits per heavy atom. The minimum Gasteiger partial charge on any atom is -0.459 e. The van der Waals surface area contributed by atoms with Crippen LogP contribution in [0.3, 0.4) is 0 Å². The standard InChI is InChI=1S/C16H16N2O4S/c1-11-15(18-14-5-3-2-4-13(14)17-11)9-22-16(19)8-12-6-7-23(20,21)10-12/h2-7,12H,8-10H2,1H3. The summed E-state index contributed by atoms with van der Waals surface area (Å²) in [5.41, 5.74) is 2.85. The van der Waals surface area contributed by atoms with E-state index in [9.17, 15) is 13.2 Å². The molecule has 1 aromatic heterocycles. The highest BCUT2D eigenvalue weighted by atomic mass is 32.2. The number of esters is 1. The van der Waals surface area contributed by atoms with Gasteiger partial charge in [-0.15, -0.1) is 0 Å². The zero-order valence-corrected chi connectivity index (χ0v) is 13.4. The number of fused-ring (bicyclic) bond motifs is 1. The molecule has 1 aromatic carbocycles. The van der Waals surface area contributed by atoms with Crippen LogP contribution in [0.4, 0.5) is 0 Å².